The zero-order valence-corrected chi connectivity index (χ0v) is 12.1. The number of aromatic amines is 1. The van der Waals surface area contributed by atoms with Gasteiger partial charge in [0.2, 0.25) is 0 Å². The van der Waals surface area contributed by atoms with Gasteiger partial charge < -0.3 is 9.88 Å². The molecule has 0 spiro atoms. The average molecular weight is 296 g/mol. The number of hydrogen-bond donors (Lipinski definition) is 2. The maximum atomic E-state index is 12.2. The molecule has 108 valence electrons. The van der Waals surface area contributed by atoms with Crippen LogP contribution in [0, 0.1) is 0 Å². The Bertz CT molecular complexity index is 745. The number of H-pyrrole nitrogens is 1. The van der Waals surface area contributed by atoms with Crippen LogP contribution < -0.4 is 0 Å². The number of carbonyl (C=O) groups is 1. The number of amides is 1. The van der Waals surface area contributed by atoms with Crippen molar-refractivity contribution in [2.75, 3.05) is 13.1 Å². The molecule has 1 aromatic carbocycles. The van der Waals surface area contributed by atoms with E-state index in [-0.39, 0.29) is 10.8 Å². The first-order valence-corrected chi connectivity index (χ1v) is 7.70. The molecule has 7 heteroatoms. The van der Waals surface area contributed by atoms with E-state index in [1.165, 1.54) is 18.2 Å². The van der Waals surface area contributed by atoms with Crippen LogP contribution in [0.2, 0.25) is 0 Å². The fourth-order valence-corrected chi connectivity index (χ4v) is 2.58. The van der Waals surface area contributed by atoms with Gasteiger partial charge in [0.1, 0.15) is 5.69 Å². The molecule has 0 saturated heterocycles. The van der Waals surface area contributed by atoms with E-state index < -0.39 is 10.1 Å². The van der Waals surface area contributed by atoms with Gasteiger partial charge >= 0.3 is 0 Å². The van der Waals surface area contributed by atoms with Crippen LogP contribution >= 0.6 is 0 Å². The van der Waals surface area contributed by atoms with Gasteiger partial charge in [0.15, 0.2) is 0 Å². The van der Waals surface area contributed by atoms with Crippen molar-refractivity contribution in [2.45, 2.75) is 18.7 Å². The number of fused-ring (bicyclic) bond motifs is 1. The highest BCUT2D eigenvalue weighted by Gasteiger charge is 2.16. The van der Waals surface area contributed by atoms with Gasteiger partial charge in [0, 0.05) is 24.0 Å². The lowest BCUT2D eigenvalue weighted by molar-refractivity contribution is 0.0768. The Morgan fingerprint density at radius 3 is 2.45 bits per heavy atom. The fourth-order valence-electron chi connectivity index (χ4n) is 2.07. The van der Waals surface area contributed by atoms with Crippen LogP contribution in [-0.4, -0.2) is 41.9 Å². The van der Waals surface area contributed by atoms with Gasteiger partial charge in [-0.15, -0.1) is 0 Å². The fraction of sp³-hybridized carbons (Fsp3) is 0.308. The molecule has 20 heavy (non-hydrogen) atoms. The molecule has 1 amide bonds. The van der Waals surface area contributed by atoms with E-state index in [2.05, 4.69) is 4.98 Å². The molecule has 2 rings (SSSR count). The number of nitrogens with zero attached hydrogens (tertiary/aromatic N) is 1. The molecule has 1 heterocycles. The van der Waals surface area contributed by atoms with E-state index in [1.54, 1.807) is 11.0 Å². The van der Waals surface area contributed by atoms with Crippen molar-refractivity contribution < 1.29 is 17.8 Å². The Hall–Kier alpha value is -1.86. The number of rotatable bonds is 4. The van der Waals surface area contributed by atoms with Crippen LogP contribution in [-0.2, 0) is 10.1 Å². The lowest BCUT2D eigenvalue weighted by Gasteiger charge is -2.17. The molecule has 1 aromatic heterocycles. The summed E-state index contributed by atoms with van der Waals surface area (Å²) in [6.45, 7) is 4.98. The van der Waals surface area contributed by atoms with Crippen molar-refractivity contribution >= 4 is 26.9 Å². The lowest BCUT2D eigenvalue weighted by atomic mass is 10.2. The smallest absolute Gasteiger partial charge is 0.294 e. The van der Waals surface area contributed by atoms with Crippen molar-refractivity contribution in [3.8, 4) is 0 Å². The minimum absolute atomic E-state index is 0.139. The molecule has 0 atom stereocenters. The second-order valence-electron chi connectivity index (χ2n) is 4.38. The summed E-state index contributed by atoms with van der Waals surface area (Å²) in [7, 11) is -4.24. The minimum atomic E-state index is -4.24. The molecule has 2 aromatic rings. The van der Waals surface area contributed by atoms with Crippen LogP contribution in [0.5, 0.6) is 0 Å². The predicted octanol–water partition coefficient (Wildman–Crippen LogP) is 1.90. The molecule has 0 aliphatic carbocycles. The van der Waals surface area contributed by atoms with Crippen molar-refractivity contribution in [2.24, 2.45) is 0 Å². The third-order valence-electron chi connectivity index (χ3n) is 3.17. The molecule has 0 aliphatic rings. The van der Waals surface area contributed by atoms with E-state index in [0.29, 0.717) is 29.7 Å². The summed E-state index contributed by atoms with van der Waals surface area (Å²) < 4.78 is 31.2. The third kappa shape index (κ3) is 2.68. The summed E-state index contributed by atoms with van der Waals surface area (Å²) in [4.78, 5) is 16.6. The normalized spacial score (nSPS) is 11.8. The molecule has 0 fully saturated rings. The van der Waals surface area contributed by atoms with Crippen molar-refractivity contribution in [3.05, 3.63) is 30.0 Å². The maximum Gasteiger partial charge on any atom is 0.294 e. The number of benzene rings is 1. The van der Waals surface area contributed by atoms with E-state index in [0.717, 1.165) is 0 Å². The predicted molar refractivity (Wildman–Crippen MR) is 75.4 cm³/mol. The average Bonchev–Trinajstić information content (AvgIpc) is 2.81. The second-order valence-corrected chi connectivity index (χ2v) is 5.81. The number of aromatic nitrogens is 1. The summed E-state index contributed by atoms with van der Waals surface area (Å²) in [5, 5.41) is 0.565. The standard InChI is InChI=1S/C13H16N2O4S/c1-3-15(4-2)13(16)12-8-9-7-10(20(17,18)19)5-6-11(9)14-12/h5-8,14H,3-4H2,1-2H3,(H,17,18,19). The Kier molecular flexibility index (Phi) is 3.82. The second kappa shape index (κ2) is 5.26. The van der Waals surface area contributed by atoms with Crippen LogP contribution in [0.15, 0.2) is 29.2 Å². The summed E-state index contributed by atoms with van der Waals surface area (Å²) in [5.74, 6) is -0.139. The summed E-state index contributed by atoms with van der Waals surface area (Å²) >= 11 is 0. The van der Waals surface area contributed by atoms with Crippen molar-refractivity contribution in [3.63, 3.8) is 0 Å². The molecule has 2 N–H and O–H groups in total. The van der Waals surface area contributed by atoms with Gasteiger partial charge in [0.05, 0.1) is 4.90 Å². The maximum absolute atomic E-state index is 12.2. The topological polar surface area (TPSA) is 90.5 Å². The Morgan fingerprint density at radius 1 is 1.25 bits per heavy atom. The first-order valence-electron chi connectivity index (χ1n) is 6.26. The van der Waals surface area contributed by atoms with E-state index in [4.69, 9.17) is 4.55 Å². The third-order valence-corrected chi connectivity index (χ3v) is 4.02. The summed E-state index contributed by atoms with van der Waals surface area (Å²) in [6.07, 6.45) is 0. The van der Waals surface area contributed by atoms with Gasteiger partial charge in [-0.25, -0.2) is 0 Å². The molecule has 0 aliphatic heterocycles. The lowest BCUT2D eigenvalue weighted by Crippen LogP contribution is -2.30. The monoisotopic (exact) mass is 296 g/mol. The number of carbonyl (C=O) groups excluding carboxylic acids is 1. The highest BCUT2D eigenvalue weighted by Crippen LogP contribution is 2.20. The SMILES string of the molecule is CCN(CC)C(=O)c1cc2cc(S(=O)(=O)O)ccc2[nH]1. The van der Waals surface area contributed by atoms with Crippen molar-refractivity contribution in [1.82, 2.24) is 9.88 Å². The number of nitrogens with one attached hydrogen (secondary N) is 1. The Labute approximate surface area is 117 Å². The van der Waals surface area contributed by atoms with Crippen LogP contribution in [0.3, 0.4) is 0 Å². The van der Waals surface area contributed by atoms with E-state index >= 15 is 0 Å². The van der Waals surface area contributed by atoms with Crippen LogP contribution in [0.25, 0.3) is 10.9 Å². The summed E-state index contributed by atoms with van der Waals surface area (Å²) in [6, 6.07) is 5.74. The minimum Gasteiger partial charge on any atom is -0.351 e. The van der Waals surface area contributed by atoms with E-state index in [1.807, 2.05) is 13.8 Å². The van der Waals surface area contributed by atoms with Gasteiger partial charge in [-0.2, -0.15) is 8.42 Å². The molecular weight excluding hydrogens is 280 g/mol. The number of hydrogen-bond acceptors (Lipinski definition) is 3. The Balaban J connectivity index is 2.47. The Morgan fingerprint density at radius 2 is 1.90 bits per heavy atom. The van der Waals surface area contributed by atoms with Crippen LogP contribution in [0.1, 0.15) is 24.3 Å². The molecule has 0 radical (unpaired) electrons. The van der Waals surface area contributed by atoms with Crippen LogP contribution in [0.4, 0.5) is 0 Å². The molecule has 0 saturated carbocycles. The highest BCUT2D eigenvalue weighted by atomic mass is 32.2. The van der Waals surface area contributed by atoms with Gasteiger partial charge in [-0.3, -0.25) is 9.35 Å². The van der Waals surface area contributed by atoms with E-state index in [9.17, 15) is 13.2 Å². The first kappa shape index (κ1) is 14.5. The van der Waals surface area contributed by atoms with Gasteiger partial charge in [-0.05, 0) is 38.1 Å². The molecular formula is C13H16N2O4S. The quantitative estimate of drug-likeness (QED) is 0.843. The first-order chi connectivity index (χ1) is 9.36. The molecule has 0 unspecified atom stereocenters. The largest absolute Gasteiger partial charge is 0.351 e. The van der Waals surface area contributed by atoms with Crippen molar-refractivity contribution in [1.29, 1.82) is 0 Å². The van der Waals surface area contributed by atoms with Gasteiger partial charge in [0.25, 0.3) is 16.0 Å². The molecule has 6 nitrogen and oxygen atoms in total. The molecule has 0 bridgehead atoms. The van der Waals surface area contributed by atoms with Gasteiger partial charge in [-0.1, -0.05) is 0 Å². The highest BCUT2D eigenvalue weighted by molar-refractivity contribution is 7.85. The zero-order chi connectivity index (χ0) is 14.9. The zero-order valence-electron chi connectivity index (χ0n) is 11.3. The summed E-state index contributed by atoms with van der Waals surface area (Å²) in [5.41, 5.74) is 1.05.